The molecule has 0 aliphatic rings. The van der Waals surface area contributed by atoms with Crippen LogP contribution < -0.4 is 5.73 Å². The van der Waals surface area contributed by atoms with Crippen molar-refractivity contribution in [3.63, 3.8) is 0 Å². The number of hydrogen-bond donors (Lipinski definition) is 1. The first-order valence-corrected chi connectivity index (χ1v) is 6.55. The molecule has 0 spiro atoms. The van der Waals surface area contributed by atoms with Crippen molar-refractivity contribution < 1.29 is 0 Å². The number of anilines is 1. The summed E-state index contributed by atoms with van der Waals surface area (Å²) in [7, 11) is 0. The summed E-state index contributed by atoms with van der Waals surface area (Å²) in [5.41, 5.74) is 7.42. The first-order chi connectivity index (χ1) is 7.78. The Morgan fingerprint density at radius 2 is 2.31 bits per heavy atom. The highest BCUT2D eigenvalue weighted by Gasteiger charge is 2.06. The first-order valence-electron chi connectivity index (χ1n) is 4.85. The molecule has 2 rings (SSSR count). The number of aryl methyl sites for hydroxylation is 1. The van der Waals surface area contributed by atoms with E-state index in [9.17, 15) is 0 Å². The van der Waals surface area contributed by atoms with Gasteiger partial charge in [0.1, 0.15) is 22.2 Å². The third-order valence-electron chi connectivity index (χ3n) is 1.77. The first kappa shape index (κ1) is 11.3. The summed E-state index contributed by atoms with van der Waals surface area (Å²) in [5.74, 6) is 1.29. The lowest BCUT2D eigenvalue weighted by atomic mass is 10.3. The molecule has 0 fully saturated rings. The largest absolute Gasteiger partial charge is 0.384 e. The third kappa shape index (κ3) is 2.89. The number of aromatic nitrogens is 4. The summed E-state index contributed by atoms with van der Waals surface area (Å²) in [4.78, 5) is 8.58. The highest BCUT2D eigenvalue weighted by molar-refractivity contribution is 8.00. The van der Waals surface area contributed by atoms with Crippen molar-refractivity contribution in [2.24, 2.45) is 0 Å². The highest BCUT2D eigenvalue weighted by Crippen LogP contribution is 2.27. The molecule has 0 aliphatic carbocycles. The van der Waals surface area contributed by atoms with Crippen LogP contribution in [0.15, 0.2) is 20.9 Å². The standard InChI is InChI=1S/C9H11N5S2/c1-2-3-7-12-6(10)4-8(13-7)16-9-14-11-5-15-9/h4-5H,2-3H2,1H3,(H2,10,12,13). The van der Waals surface area contributed by atoms with Gasteiger partial charge in [0.05, 0.1) is 0 Å². The van der Waals surface area contributed by atoms with Crippen LogP contribution in [0.25, 0.3) is 0 Å². The Morgan fingerprint density at radius 1 is 1.44 bits per heavy atom. The second-order valence-electron chi connectivity index (χ2n) is 3.10. The topological polar surface area (TPSA) is 77.6 Å². The highest BCUT2D eigenvalue weighted by atomic mass is 32.2. The summed E-state index contributed by atoms with van der Waals surface area (Å²) in [6.45, 7) is 2.09. The van der Waals surface area contributed by atoms with Crippen molar-refractivity contribution in [2.45, 2.75) is 29.1 Å². The fourth-order valence-electron chi connectivity index (χ4n) is 1.18. The van der Waals surface area contributed by atoms with Gasteiger partial charge in [-0.1, -0.05) is 18.3 Å². The number of nitrogen functional groups attached to an aromatic ring is 1. The maximum absolute atomic E-state index is 5.72. The smallest absolute Gasteiger partial charge is 0.180 e. The van der Waals surface area contributed by atoms with Crippen molar-refractivity contribution in [3.8, 4) is 0 Å². The van der Waals surface area contributed by atoms with Crippen molar-refractivity contribution in [2.75, 3.05) is 5.73 Å². The van der Waals surface area contributed by atoms with Gasteiger partial charge in [0, 0.05) is 12.5 Å². The molecular formula is C9H11N5S2. The lowest BCUT2D eigenvalue weighted by molar-refractivity contribution is 0.813. The molecule has 2 N–H and O–H groups in total. The van der Waals surface area contributed by atoms with Crippen LogP contribution in [-0.2, 0) is 6.42 Å². The minimum atomic E-state index is 0.505. The van der Waals surface area contributed by atoms with Gasteiger partial charge in [-0.15, -0.1) is 10.2 Å². The lowest BCUT2D eigenvalue weighted by Crippen LogP contribution is -2.00. The molecular weight excluding hydrogens is 242 g/mol. The second-order valence-corrected chi connectivity index (χ2v) is 5.20. The molecule has 0 amide bonds. The van der Waals surface area contributed by atoms with Gasteiger partial charge in [-0.3, -0.25) is 0 Å². The van der Waals surface area contributed by atoms with Gasteiger partial charge < -0.3 is 5.73 Å². The molecule has 0 aliphatic heterocycles. The van der Waals surface area contributed by atoms with Crippen LogP contribution in [-0.4, -0.2) is 20.2 Å². The number of nitrogens with zero attached hydrogens (tertiary/aromatic N) is 4. The lowest BCUT2D eigenvalue weighted by Gasteiger charge is -2.02. The minimum absolute atomic E-state index is 0.505. The fourth-order valence-corrected chi connectivity index (χ4v) is 2.63. The van der Waals surface area contributed by atoms with E-state index < -0.39 is 0 Å². The Labute approximate surface area is 102 Å². The summed E-state index contributed by atoms with van der Waals surface area (Å²) < 4.78 is 0.862. The molecule has 0 unspecified atom stereocenters. The SMILES string of the molecule is CCCc1nc(N)cc(Sc2nncs2)n1. The molecule has 0 aromatic carbocycles. The quantitative estimate of drug-likeness (QED) is 0.840. The van der Waals surface area contributed by atoms with Crippen molar-refractivity contribution in [1.29, 1.82) is 0 Å². The van der Waals surface area contributed by atoms with Gasteiger partial charge in [-0.2, -0.15) is 0 Å². The van der Waals surface area contributed by atoms with Crippen LogP contribution in [0, 0.1) is 0 Å². The molecule has 0 saturated heterocycles. The Hall–Kier alpha value is -1.21. The van der Waals surface area contributed by atoms with E-state index in [0.717, 1.165) is 28.0 Å². The van der Waals surface area contributed by atoms with Gasteiger partial charge in [0.2, 0.25) is 0 Å². The third-order valence-corrected chi connectivity index (χ3v) is 3.47. The van der Waals surface area contributed by atoms with Crippen LogP contribution in [0.5, 0.6) is 0 Å². The maximum atomic E-state index is 5.72. The summed E-state index contributed by atoms with van der Waals surface area (Å²) in [6, 6.07) is 1.76. The van der Waals surface area contributed by atoms with E-state index in [1.807, 2.05) is 0 Å². The second kappa shape index (κ2) is 5.22. The summed E-state index contributed by atoms with van der Waals surface area (Å²) in [5, 5.41) is 8.55. The number of rotatable bonds is 4. The van der Waals surface area contributed by atoms with Crippen LogP contribution in [0.1, 0.15) is 19.2 Å². The molecule has 0 bridgehead atoms. The van der Waals surface area contributed by atoms with Gasteiger partial charge in [-0.25, -0.2) is 9.97 Å². The number of nitrogens with two attached hydrogens (primary N) is 1. The molecule has 16 heavy (non-hydrogen) atoms. The monoisotopic (exact) mass is 253 g/mol. The molecule has 5 nitrogen and oxygen atoms in total. The van der Waals surface area contributed by atoms with Crippen LogP contribution >= 0.6 is 23.1 Å². The van der Waals surface area contributed by atoms with Crippen LogP contribution in [0.3, 0.4) is 0 Å². The van der Waals surface area contributed by atoms with Crippen molar-refractivity contribution in [3.05, 3.63) is 17.4 Å². The predicted molar refractivity (Wildman–Crippen MR) is 64.5 cm³/mol. The van der Waals surface area contributed by atoms with E-state index in [-0.39, 0.29) is 0 Å². The zero-order valence-corrected chi connectivity index (χ0v) is 10.4. The Kier molecular flexibility index (Phi) is 3.68. The van der Waals surface area contributed by atoms with E-state index in [2.05, 4.69) is 27.1 Å². The van der Waals surface area contributed by atoms with Gasteiger partial charge >= 0.3 is 0 Å². The minimum Gasteiger partial charge on any atom is -0.384 e. The zero-order valence-electron chi connectivity index (χ0n) is 8.75. The van der Waals surface area contributed by atoms with E-state index in [4.69, 9.17) is 5.73 Å². The van der Waals surface area contributed by atoms with Crippen molar-refractivity contribution in [1.82, 2.24) is 20.2 Å². The Balaban J connectivity index is 2.20. The zero-order chi connectivity index (χ0) is 11.4. The van der Waals surface area contributed by atoms with E-state index in [1.54, 1.807) is 11.6 Å². The summed E-state index contributed by atoms with van der Waals surface area (Å²) >= 11 is 2.94. The van der Waals surface area contributed by atoms with E-state index in [0.29, 0.717) is 5.82 Å². The van der Waals surface area contributed by atoms with E-state index in [1.165, 1.54) is 23.1 Å². The molecule has 0 radical (unpaired) electrons. The normalized spacial score (nSPS) is 10.6. The molecule has 84 valence electrons. The maximum Gasteiger partial charge on any atom is 0.180 e. The fraction of sp³-hybridized carbons (Fsp3) is 0.333. The molecule has 2 heterocycles. The molecule has 2 aromatic heterocycles. The van der Waals surface area contributed by atoms with Crippen molar-refractivity contribution >= 4 is 28.9 Å². The van der Waals surface area contributed by atoms with Gasteiger partial charge in [0.15, 0.2) is 4.34 Å². The van der Waals surface area contributed by atoms with Gasteiger partial charge in [-0.05, 0) is 18.2 Å². The van der Waals surface area contributed by atoms with Gasteiger partial charge in [0.25, 0.3) is 0 Å². The molecule has 2 aromatic rings. The number of hydrogen-bond acceptors (Lipinski definition) is 7. The molecule has 7 heteroatoms. The summed E-state index contributed by atoms with van der Waals surface area (Å²) in [6.07, 6.45) is 1.85. The average Bonchev–Trinajstić information content (AvgIpc) is 2.70. The predicted octanol–water partition coefficient (Wildman–Crippen LogP) is 2.01. The Bertz CT molecular complexity index is 457. The average molecular weight is 253 g/mol. The van der Waals surface area contributed by atoms with Crippen LogP contribution in [0.4, 0.5) is 5.82 Å². The van der Waals surface area contributed by atoms with Crippen LogP contribution in [0.2, 0.25) is 0 Å². The molecule has 0 saturated carbocycles. The molecule has 0 atom stereocenters. The van der Waals surface area contributed by atoms with E-state index >= 15 is 0 Å². The Morgan fingerprint density at radius 3 is 3.00 bits per heavy atom.